The van der Waals surface area contributed by atoms with E-state index in [-0.39, 0.29) is 24.6 Å². The van der Waals surface area contributed by atoms with Crippen molar-refractivity contribution in [1.82, 2.24) is 9.62 Å². The number of carbonyl (C=O) groups is 1. The third-order valence-electron chi connectivity index (χ3n) is 3.06. The second-order valence-electron chi connectivity index (χ2n) is 5.51. The van der Waals surface area contributed by atoms with E-state index in [9.17, 15) is 13.2 Å². The number of likely N-dealkylation sites (N-methyl/N-ethyl adjacent to an activating group) is 1. The number of benzene rings is 1. The first kappa shape index (κ1) is 18.4. The van der Waals surface area contributed by atoms with Crippen LogP contribution in [0.3, 0.4) is 0 Å². The average molecular weight is 328 g/mol. The summed E-state index contributed by atoms with van der Waals surface area (Å²) in [6.07, 6.45) is 1.09. The van der Waals surface area contributed by atoms with Crippen LogP contribution in [0.25, 0.3) is 0 Å². The molecule has 0 heterocycles. The molecule has 0 radical (unpaired) electrons. The maximum Gasteiger partial charge on any atom is 0.235 e. The Morgan fingerprint density at radius 2 is 1.86 bits per heavy atom. The number of sulfonamides is 1. The third kappa shape index (κ3) is 5.65. The van der Waals surface area contributed by atoms with Crippen molar-refractivity contribution >= 4 is 15.9 Å². The minimum absolute atomic E-state index is 0.0282. The van der Waals surface area contributed by atoms with Gasteiger partial charge in [0, 0.05) is 12.6 Å². The first-order valence-corrected chi connectivity index (χ1v) is 8.92. The SMILES string of the molecule is CC(C)Oc1ccccc1[C@H](C)NC(=O)CN(C)S(C)(=O)=O. The summed E-state index contributed by atoms with van der Waals surface area (Å²) < 4.78 is 29.4. The first-order chi connectivity index (χ1) is 10.1. The monoisotopic (exact) mass is 328 g/mol. The molecular formula is C15H24N2O4S. The molecule has 1 aromatic carbocycles. The molecule has 0 saturated carbocycles. The Morgan fingerprint density at radius 1 is 1.27 bits per heavy atom. The van der Waals surface area contributed by atoms with Crippen LogP contribution in [0.5, 0.6) is 5.75 Å². The lowest BCUT2D eigenvalue weighted by Crippen LogP contribution is -2.38. The Morgan fingerprint density at radius 3 is 2.41 bits per heavy atom. The second-order valence-corrected chi connectivity index (χ2v) is 7.60. The third-order valence-corrected chi connectivity index (χ3v) is 4.32. The summed E-state index contributed by atoms with van der Waals surface area (Å²) in [5.41, 5.74) is 0.853. The number of rotatable bonds is 7. The summed E-state index contributed by atoms with van der Waals surface area (Å²) in [6.45, 7) is 5.49. The van der Waals surface area contributed by atoms with Crippen LogP contribution in [-0.2, 0) is 14.8 Å². The predicted octanol–water partition coefficient (Wildman–Crippen LogP) is 1.54. The largest absolute Gasteiger partial charge is 0.491 e. The molecule has 0 aliphatic carbocycles. The summed E-state index contributed by atoms with van der Waals surface area (Å²) in [6, 6.07) is 7.18. The van der Waals surface area contributed by atoms with E-state index in [0.29, 0.717) is 5.75 Å². The van der Waals surface area contributed by atoms with Gasteiger partial charge < -0.3 is 10.1 Å². The van der Waals surface area contributed by atoms with Gasteiger partial charge in [-0.15, -0.1) is 0 Å². The van der Waals surface area contributed by atoms with Crippen LogP contribution in [0.4, 0.5) is 0 Å². The molecule has 7 heteroatoms. The van der Waals surface area contributed by atoms with Gasteiger partial charge in [-0.2, -0.15) is 4.31 Å². The van der Waals surface area contributed by atoms with Gasteiger partial charge in [-0.25, -0.2) is 8.42 Å². The molecule has 22 heavy (non-hydrogen) atoms. The number of nitrogens with one attached hydrogen (secondary N) is 1. The smallest absolute Gasteiger partial charge is 0.235 e. The topological polar surface area (TPSA) is 75.7 Å². The second kappa shape index (κ2) is 7.60. The lowest BCUT2D eigenvalue weighted by atomic mass is 10.1. The number of hydrogen-bond donors (Lipinski definition) is 1. The van der Waals surface area contributed by atoms with Crippen LogP contribution in [0.15, 0.2) is 24.3 Å². The lowest BCUT2D eigenvalue weighted by molar-refractivity contribution is -0.121. The summed E-state index contributed by atoms with van der Waals surface area (Å²) in [5, 5.41) is 2.79. The normalized spacial score (nSPS) is 13.2. The molecular weight excluding hydrogens is 304 g/mol. The number of hydrogen-bond acceptors (Lipinski definition) is 4. The average Bonchev–Trinajstić information content (AvgIpc) is 2.37. The fourth-order valence-electron chi connectivity index (χ4n) is 1.88. The van der Waals surface area contributed by atoms with Crippen LogP contribution in [-0.4, -0.2) is 44.6 Å². The molecule has 124 valence electrons. The molecule has 1 N–H and O–H groups in total. The minimum atomic E-state index is -3.37. The van der Waals surface area contributed by atoms with Gasteiger partial charge in [-0.05, 0) is 26.8 Å². The van der Waals surface area contributed by atoms with Gasteiger partial charge in [0.05, 0.1) is 24.9 Å². The van der Waals surface area contributed by atoms with Gasteiger partial charge in [0.2, 0.25) is 15.9 Å². The zero-order valence-corrected chi connectivity index (χ0v) is 14.5. The Hall–Kier alpha value is -1.60. The quantitative estimate of drug-likeness (QED) is 0.824. The summed E-state index contributed by atoms with van der Waals surface area (Å²) in [7, 11) is -2.00. The van der Waals surface area contributed by atoms with Crippen molar-refractivity contribution in [3.05, 3.63) is 29.8 Å². The Bertz CT molecular complexity index is 614. The number of carbonyl (C=O) groups excluding carboxylic acids is 1. The first-order valence-electron chi connectivity index (χ1n) is 7.07. The molecule has 0 spiro atoms. The van der Waals surface area contributed by atoms with E-state index in [0.717, 1.165) is 16.1 Å². The predicted molar refractivity (Wildman–Crippen MR) is 86.2 cm³/mol. The molecule has 1 amide bonds. The Balaban J connectivity index is 2.77. The molecule has 0 bridgehead atoms. The molecule has 0 aromatic heterocycles. The van der Waals surface area contributed by atoms with Crippen molar-refractivity contribution in [3.63, 3.8) is 0 Å². The minimum Gasteiger partial charge on any atom is -0.491 e. The van der Waals surface area contributed by atoms with Crippen molar-refractivity contribution < 1.29 is 17.9 Å². The van der Waals surface area contributed by atoms with Gasteiger partial charge in [0.1, 0.15) is 5.75 Å². The van der Waals surface area contributed by atoms with E-state index in [4.69, 9.17) is 4.74 Å². The summed E-state index contributed by atoms with van der Waals surface area (Å²) in [4.78, 5) is 12.0. The molecule has 0 fully saturated rings. The number of para-hydroxylation sites is 1. The van der Waals surface area contributed by atoms with Crippen LogP contribution >= 0.6 is 0 Å². The summed E-state index contributed by atoms with van der Waals surface area (Å²) >= 11 is 0. The number of ether oxygens (including phenoxy) is 1. The van der Waals surface area contributed by atoms with Crippen molar-refractivity contribution in [2.45, 2.75) is 32.9 Å². The standard InChI is InChI=1S/C15H24N2O4S/c1-11(2)21-14-9-7-6-8-13(14)12(3)16-15(18)10-17(4)22(5,19)20/h6-9,11-12H,10H2,1-5H3,(H,16,18)/t12-/m0/s1. The Kier molecular flexibility index (Phi) is 6.37. The van der Waals surface area contributed by atoms with E-state index in [1.807, 2.05) is 45.0 Å². The van der Waals surface area contributed by atoms with Gasteiger partial charge in [-0.1, -0.05) is 18.2 Å². The summed E-state index contributed by atoms with van der Waals surface area (Å²) in [5.74, 6) is 0.349. The molecule has 0 saturated heterocycles. The maximum atomic E-state index is 12.0. The molecule has 6 nitrogen and oxygen atoms in total. The highest BCUT2D eigenvalue weighted by molar-refractivity contribution is 7.88. The fraction of sp³-hybridized carbons (Fsp3) is 0.533. The number of amides is 1. The molecule has 0 unspecified atom stereocenters. The van der Waals surface area contributed by atoms with Crippen LogP contribution in [0, 0.1) is 0 Å². The van der Waals surface area contributed by atoms with E-state index in [1.54, 1.807) is 0 Å². The maximum absolute atomic E-state index is 12.0. The van der Waals surface area contributed by atoms with Gasteiger partial charge >= 0.3 is 0 Å². The van der Waals surface area contributed by atoms with Gasteiger partial charge in [0.15, 0.2) is 0 Å². The Labute approximate surface area is 132 Å². The molecule has 1 aromatic rings. The van der Waals surface area contributed by atoms with E-state index in [2.05, 4.69) is 5.32 Å². The molecule has 0 aliphatic rings. The molecule has 0 aliphatic heterocycles. The van der Waals surface area contributed by atoms with E-state index in [1.165, 1.54) is 7.05 Å². The lowest BCUT2D eigenvalue weighted by Gasteiger charge is -2.21. The van der Waals surface area contributed by atoms with Gasteiger partial charge in [-0.3, -0.25) is 4.79 Å². The van der Waals surface area contributed by atoms with Crippen molar-refractivity contribution in [2.75, 3.05) is 19.8 Å². The van der Waals surface area contributed by atoms with Crippen LogP contribution < -0.4 is 10.1 Å². The molecule has 1 atom stereocenters. The van der Waals surface area contributed by atoms with E-state index < -0.39 is 10.0 Å². The van der Waals surface area contributed by atoms with Gasteiger partial charge in [0.25, 0.3) is 0 Å². The van der Waals surface area contributed by atoms with Crippen molar-refractivity contribution in [3.8, 4) is 5.75 Å². The zero-order chi connectivity index (χ0) is 16.9. The van der Waals surface area contributed by atoms with Crippen LogP contribution in [0.1, 0.15) is 32.4 Å². The molecule has 1 rings (SSSR count). The zero-order valence-electron chi connectivity index (χ0n) is 13.7. The highest BCUT2D eigenvalue weighted by Crippen LogP contribution is 2.25. The fourth-order valence-corrected chi connectivity index (χ4v) is 2.24. The van der Waals surface area contributed by atoms with E-state index >= 15 is 0 Å². The van der Waals surface area contributed by atoms with Crippen molar-refractivity contribution in [1.29, 1.82) is 0 Å². The number of nitrogens with zero attached hydrogens (tertiary/aromatic N) is 1. The van der Waals surface area contributed by atoms with Crippen LogP contribution in [0.2, 0.25) is 0 Å². The van der Waals surface area contributed by atoms with Crippen molar-refractivity contribution in [2.24, 2.45) is 0 Å². The highest BCUT2D eigenvalue weighted by atomic mass is 32.2. The highest BCUT2D eigenvalue weighted by Gasteiger charge is 2.18.